The molecule has 0 unspecified atom stereocenters. The van der Waals surface area contributed by atoms with Crippen LogP contribution in [0, 0.1) is 5.82 Å². The van der Waals surface area contributed by atoms with Gasteiger partial charge in [0.2, 0.25) is 0 Å². The molecule has 1 N–H and O–H groups in total. The highest BCUT2D eigenvalue weighted by Gasteiger charge is 2.41. The van der Waals surface area contributed by atoms with E-state index in [1.807, 2.05) is 6.92 Å². The highest BCUT2D eigenvalue weighted by Crippen LogP contribution is 2.35. The lowest BCUT2D eigenvalue weighted by Crippen LogP contribution is -2.21. The summed E-state index contributed by atoms with van der Waals surface area (Å²) < 4.78 is 66.8. The zero-order chi connectivity index (χ0) is 23.3. The van der Waals surface area contributed by atoms with Gasteiger partial charge in [-0.2, -0.15) is 18.3 Å². The number of rotatable bonds is 8. The van der Waals surface area contributed by atoms with Gasteiger partial charge in [-0.05, 0) is 30.7 Å². The van der Waals surface area contributed by atoms with Crippen LogP contribution >= 0.6 is 0 Å². The number of hydrogen-bond acceptors (Lipinski definition) is 4. The van der Waals surface area contributed by atoms with Crippen LogP contribution in [0.1, 0.15) is 35.8 Å². The molecule has 0 bridgehead atoms. The molecule has 170 valence electrons. The third-order valence-corrected chi connectivity index (χ3v) is 4.55. The second kappa shape index (κ2) is 9.71. The summed E-state index contributed by atoms with van der Waals surface area (Å²) in [6.07, 6.45) is -2.59. The number of benzene rings is 2. The van der Waals surface area contributed by atoms with Crippen molar-refractivity contribution in [1.29, 1.82) is 0 Å². The third-order valence-electron chi connectivity index (χ3n) is 4.55. The topological polar surface area (TPSA) is 65.4 Å². The Bertz CT molecular complexity index is 1100. The van der Waals surface area contributed by atoms with Gasteiger partial charge in [0.25, 0.3) is 5.91 Å². The molecule has 2 aromatic carbocycles. The zero-order valence-electron chi connectivity index (χ0n) is 17.4. The van der Waals surface area contributed by atoms with Crippen LogP contribution in [0.25, 0.3) is 5.69 Å². The number of methoxy groups -OCH3 is 1. The molecule has 32 heavy (non-hydrogen) atoms. The molecule has 0 aliphatic rings. The van der Waals surface area contributed by atoms with Crippen molar-refractivity contribution < 1.29 is 31.8 Å². The second-order valence-corrected chi connectivity index (χ2v) is 6.79. The van der Waals surface area contributed by atoms with Crippen LogP contribution in [0.5, 0.6) is 11.5 Å². The van der Waals surface area contributed by atoms with E-state index in [4.69, 9.17) is 9.47 Å². The Morgan fingerprint density at radius 3 is 2.59 bits per heavy atom. The molecular formula is C22H21F4N3O3. The molecule has 1 aromatic heterocycles. The zero-order valence-corrected chi connectivity index (χ0v) is 17.4. The van der Waals surface area contributed by atoms with Crippen LogP contribution in [0.3, 0.4) is 0 Å². The molecule has 0 saturated heterocycles. The number of halogens is 4. The van der Waals surface area contributed by atoms with E-state index in [9.17, 15) is 22.4 Å². The summed E-state index contributed by atoms with van der Waals surface area (Å²) in [6, 6.07) is 9.45. The van der Waals surface area contributed by atoms with Crippen LogP contribution < -0.4 is 14.8 Å². The molecule has 0 spiro atoms. The Morgan fingerprint density at radius 2 is 1.94 bits per heavy atom. The minimum atomic E-state index is -4.97. The molecule has 0 radical (unpaired) electrons. The van der Waals surface area contributed by atoms with E-state index in [1.54, 1.807) is 12.1 Å². The molecule has 0 saturated carbocycles. The van der Waals surface area contributed by atoms with E-state index in [0.29, 0.717) is 17.0 Å². The summed E-state index contributed by atoms with van der Waals surface area (Å²) in [5, 5.41) is 6.06. The lowest BCUT2D eigenvalue weighted by molar-refractivity contribution is -0.143. The van der Waals surface area contributed by atoms with E-state index in [1.165, 1.54) is 25.3 Å². The van der Waals surface area contributed by atoms with Gasteiger partial charge in [0.1, 0.15) is 23.0 Å². The molecular weight excluding hydrogens is 430 g/mol. The Kier molecular flexibility index (Phi) is 7.01. The lowest BCUT2D eigenvalue weighted by Gasteiger charge is -2.15. The highest BCUT2D eigenvalue weighted by molar-refractivity contribution is 6.06. The van der Waals surface area contributed by atoms with Crippen molar-refractivity contribution >= 4 is 11.6 Å². The average molecular weight is 451 g/mol. The van der Waals surface area contributed by atoms with Crippen molar-refractivity contribution in [2.75, 3.05) is 19.0 Å². The van der Waals surface area contributed by atoms with Gasteiger partial charge in [-0.25, -0.2) is 9.07 Å². The number of amides is 1. The van der Waals surface area contributed by atoms with Crippen molar-refractivity contribution in [2.24, 2.45) is 0 Å². The maximum atomic E-state index is 14.1. The van der Waals surface area contributed by atoms with E-state index >= 15 is 0 Å². The fraction of sp³-hybridized carbons (Fsp3) is 0.273. The number of nitrogens with zero attached hydrogens (tertiary/aromatic N) is 2. The molecule has 0 fully saturated rings. The van der Waals surface area contributed by atoms with Crippen LogP contribution in [-0.2, 0) is 6.18 Å². The minimum absolute atomic E-state index is 0.136. The molecule has 1 heterocycles. The quantitative estimate of drug-likeness (QED) is 0.364. The van der Waals surface area contributed by atoms with E-state index in [2.05, 4.69) is 10.4 Å². The van der Waals surface area contributed by atoms with E-state index < -0.39 is 34.8 Å². The first kappa shape index (κ1) is 23.1. The fourth-order valence-electron chi connectivity index (χ4n) is 2.97. The number of para-hydroxylation sites is 1. The highest BCUT2D eigenvalue weighted by atomic mass is 19.4. The Morgan fingerprint density at radius 1 is 1.19 bits per heavy atom. The first-order valence-corrected chi connectivity index (χ1v) is 9.78. The monoisotopic (exact) mass is 451 g/mol. The molecule has 0 atom stereocenters. The number of ether oxygens (including phenoxy) is 2. The number of anilines is 1. The number of aromatic nitrogens is 2. The predicted molar refractivity (Wildman–Crippen MR) is 110 cm³/mol. The Labute approximate surface area is 181 Å². The summed E-state index contributed by atoms with van der Waals surface area (Å²) in [6.45, 7) is 2.34. The SMILES string of the molecule is CCCCOc1ccc(OC)cc1NC(=O)c1cnn(-c2ccccc2F)c1C(F)(F)F. The third kappa shape index (κ3) is 5.01. The Balaban J connectivity index is 1.99. The number of carbonyl (C=O) groups excluding carboxylic acids is 1. The van der Waals surface area contributed by atoms with Gasteiger partial charge in [-0.15, -0.1) is 0 Å². The van der Waals surface area contributed by atoms with Crippen molar-refractivity contribution in [1.82, 2.24) is 9.78 Å². The standard InChI is InChI=1S/C22H21F4N3O3/c1-3-4-11-32-19-10-9-14(31-2)12-17(19)28-21(30)15-13-27-29(20(15)22(24,25)26)18-8-6-5-7-16(18)23/h5-10,12-13H,3-4,11H2,1-2H3,(H,28,30). The van der Waals surface area contributed by atoms with Crippen LogP contribution in [-0.4, -0.2) is 29.4 Å². The first-order valence-electron chi connectivity index (χ1n) is 9.78. The van der Waals surface area contributed by atoms with E-state index in [-0.39, 0.29) is 11.4 Å². The molecule has 10 heteroatoms. The number of carbonyl (C=O) groups is 1. The summed E-state index contributed by atoms with van der Waals surface area (Å²) in [4.78, 5) is 12.8. The lowest BCUT2D eigenvalue weighted by atomic mass is 10.2. The fourth-order valence-corrected chi connectivity index (χ4v) is 2.97. The van der Waals surface area contributed by atoms with Crippen molar-refractivity contribution in [3.63, 3.8) is 0 Å². The van der Waals surface area contributed by atoms with Gasteiger partial charge in [0, 0.05) is 6.07 Å². The van der Waals surface area contributed by atoms with Crippen molar-refractivity contribution in [3.05, 3.63) is 65.7 Å². The molecule has 3 rings (SSSR count). The summed E-state index contributed by atoms with van der Waals surface area (Å²) >= 11 is 0. The van der Waals surface area contributed by atoms with Crippen molar-refractivity contribution in [2.45, 2.75) is 25.9 Å². The Hall–Kier alpha value is -3.56. The molecule has 0 aliphatic carbocycles. The smallest absolute Gasteiger partial charge is 0.434 e. The van der Waals surface area contributed by atoms with Crippen molar-refractivity contribution in [3.8, 4) is 17.2 Å². The maximum absolute atomic E-state index is 14.1. The summed E-state index contributed by atoms with van der Waals surface area (Å²) in [7, 11) is 1.42. The van der Waals surface area contributed by atoms with Crippen LogP contribution in [0.2, 0.25) is 0 Å². The van der Waals surface area contributed by atoms with Crippen LogP contribution in [0.15, 0.2) is 48.7 Å². The van der Waals surface area contributed by atoms with E-state index in [0.717, 1.165) is 31.2 Å². The van der Waals surface area contributed by atoms with Crippen LogP contribution in [0.4, 0.5) is 23.2 Å². The molecule has 0 aliphatic heterocycles. The number of hydrogen-bond donors (Lipinski definition) is 1. The summed E-state index contributed by atoms with van der Waals surface area (Å²) in [5.41, 5.74) is -2.44. The van der Waals surface area contributed by atoms with Gasteiger partial charge in [-0.1, -0.05) is 25.5 Å². The molecule has 6 nitrogen and oxygen atoms in total. The number of unbranched alkanes of at least 4 members (excludes halogenated alkanes) is 1. The summed E-state index contributed by atoms with van der Waals surface area (Å²) in [5.74, 6) is -1.33. The van der Waals surface area contributed by atoms with Gasteiger partial charge < -0.3 is 14.8 Å². The largest absolute Gasteiger partial charge is 0.497 e. The average Bonchev–Trinajstić information content (AvgIpc) is 3.21. The number of nitrogens with one attached hydrogen (secondary N) is 1. The maximum Gasteiger partial charge on any atom is 0.434 e. The first-order chi connectivity index (χ1) is 15.3. The predicted octanol–water partition coefficient (Wildman–Crippen LogP) is 5.47. The van der Waals surface area contributed by atoms with Gasteiger partial charge in [-0.3, -0.25) is 4.79 Å². The number of alkyl halides is 3. The van der Waals surface area contributed by atoms with Gasteiger partial charge in [0.05, 0.1) is 31.2 Å². The normalized spacial score (nSPS) is 11.3. The minimum Gasteiger partial charge on any atom is -0.497 e. The molecule has 1 amide bonds. The van der Waals surface area contributed by atoms with Gasteiger partial charge >= 0.3 is 6.18 Å². The molecule has 3 aromatic rings. The second-order valence-electron chi connectivity index (χ2n) is 6.79. The van der Waals surface area contributed by atoms with Gasteiger partial charge in [0.15, 0.2) is 5.69 Å².